The summed E-state index contributed by atoms with van der Waals surface area (Å²) in [7, 11) is 0. The lowest BCUT2D eigenvalue weighted by Gasteiger charge is -2.13. The summed E-state index contributed by atoms with van der Waals surface area (Å²) in [4.78, 5) is 16.6. The van der Waals surface area contributed by atoms with Crippen LogP contribution in [0.3, 0.4) is 0 Å². The molecule has 0 saturated carbocycles. The zero-order valence-corrected chi connectivity index (χ0v) is 12.7. The van der Waals surface area contributed by atoms with Crippen molar-refractivity contribution in [2.24, 2.45) is 5.16 Å². The van der Waals surface area contributed by atoms with Crippen LogP contribution in [0, 0.1) is 0 Å². The molecule has 1 aliphatic heterocycles. The van der Waals surface area contributed by atoms with Crippen LogP contribution >= 0.6 is 0 Å². The van der Waals surface area contributed by atoms with E-state index in [2.05, 4.69) is 17.4 Å². The minimum Gasteiger partial charge on any atom is -0.358 e. The van der Waals surface area contributed by atoms with Gasteiger partial charge in [0.25, 0.3) is 0 Å². The van der Waals surface area contributed by atoms with E-state index in [9.17, 15) is 4.79 Å². The van der Waals surface area contributed by atoms with Crippen molar-refractivity contribution in [2.75, 3.05) is 5.32 Å². The Balaban J connectivity index is 2.16. The maximum absolute atomic E-state index is 11.9. The lowest BCUT2D eigenvalue weighted by atomic mass is 10.0. The molecule has 0 aromatic heterocycles. The molecule has 0 aliphatic carbocycles. The molecule has 0 radical (unpaired) electrons. The highest BCUT2D eigenvalue weighted by molar-refractivity contribution is 6.22. The molecule has 21 heavy (non-hydrogen) atoms. The molecule has 4 heteroatoms. The van der Waals surface area contributed by atoms with Gasteiger partial charge < -0.3 is 10.2 Å². The van der Waals surface area contributed by atoms with E-state index in [1.165, 1.54) is 12.8 Å². The maximum atomic E-state index is 11.9. The molecule has 4 nitrogen and oxygen atoms in total. The lowest BCUT2D eigenvalue weighted by Crippen LogP contribution is -2.12. The Kier molecular flexibility index (Phi) is 5.55. The number of nitrogens with zero attached hydrogens (tertiary/aromatic N) is 1. The summed E-state index contributed by atoms with van der Waals surface area (Å²) >= 11 is 0. The Morgan fingerprint density at radius 3 is 2.57 bits per heavy atom. The number of anilines is 1. The summed E-state index contributed by atoms with van der Waals surface area (Å²) in [5, 5.41) is 7.13. The van der Waals surface area contributed by atoms with Crippen molar-refractivity contribution in [1.29, 1.82) is 0 Å². The molecule has 0 unspecified atom stereocenters. The standard InChI is InChI=1S/C17H22N2O2/c1-3-4-5-9-12-15(16-13(2)19-21-17(16)20)18-14-10-7-6-8-11-14/h6-8,10-11,18H,3-5,9,12H2,1-2H3. The van der Waals surface area contributed by atoms with Crippen molar-refractivity contribution in [3.05, 3.63) is 41.6 Å². The summed E-state index contributed by atoms with van der Waals surface area (Å²) < 4.78 is 0. The summed E-state index contributed by atoms with van der Waals surface area (Å²) in [6, 6.07) is 9.87. The van der Waals surface area contributed by atoms with E-state index in [0.717, 1.165) is 30.6 Å². The van der Waals surface area contributed by atoms with Crippen LogP contribution in [0.5, 0.6) is 0 Å². The van der Waals surface area contributed by atoms with Crippen LogP contribution < -0.4 is 5.32 Å². The molecule has 0 spiro atoms. The van der Waals surface area contributed by atoms with Gasteiger partial charge in [-0.05, 0) is 31.9 Å². The Hall–Kier alpha value is -2.10. The molecule has 1 aliphatic rings. The van der Waals surface area contributed by atoms with Gasteiger partial charge in [-0.25, -0.2) is 4.79 Å². The molecular weight excluding hydrogens is 264 g/mol. The monoisotopic (exact) mass is 286 g/mol. The average molecular weight is 286 g/mol. The summed E-state index contributed by atoms with van der Waals surface area (Å²) in [5.41, 5.74) is 3.10. The Morgan fingerprint density at radius 2 is 1.95 bits per heavy atom. The van der Waals surface area contributed by atoms with Gasteiger partial charge in [-0.3, -0.25) is 0 Å². The molecule has 2 rings (SSSR count). The predicted octanol–water partition coefficient (Wildman–Crippen LogP) is 4.26. The summed E-state index contributed by atoms with van der Waals surface area (Å²) in [6.07, 6.45) is 5.44. The van der Waals surface area contributed by atoms with Gasteiger partial charge >= 0.3 is 5.97 Å². The normalized spacial score (nSPS) is 16.5. The number of para-hydroxylation sites is 1. The lowest BCUT2D eigenvalue weighted by molar-refractivity contribution is -0.136. The average Bonchev–Trinajstić information content (AvgIpc) is 2.83. The molecule has 0 saturated heterocycles. The highest BCUT2D eigenvalue weighted by Crippen LogP contribution is 2.22. The highest BCUT2D eigenvalue weighted by Gasteiger charge is 2.26. The first-order valence-electron chi connectivity index (χ1n) is 7.54. The zero-order chi connectivity index (χ0) is 15.1. The van der Waals surface area contributed by atoms with Gasteiger partial charge in [0.1, 0.15) is 5.57 Å². The first-order chi connectivity index (χ1) is 10.2. The van der Waals surface area contributed by atoms with Gasteiger partial charge in [0.05, 0.1) is 5.71 Å². The zero-order valence-electron chi connectivity index (χ0n) is 12.7. The third-order valence-electron chi connectivity index (χ3n) is 3.48. The minimum absolute atomic E-state index is 0.360. The van der Waals surface area contributed by atoms with Crippen LogP contribution in [0.1, 0.15) is 46.0 Å². The largest absolute Gasteiger partial charge is 0.369 e. The number of unbranched alkanes of at least 4 members (excludes halogenated alkanes) is 3. The maximum Gasteiger partial charge on any atom is 0.369 e. The Bertz CT molecular complexity index is 547. The summed E-state index contributed by atoms with van der Waals surface area (Å²) in [5.74, 6) is -0.360. The van der Waals surface area contributed by atoms with E-state index in [1.54, 1.807) is 6.92 Å². The first-order valence-corrected chi connectivity index (χ1v) is 7.54. The van der Waals surface area contributed by atoms with Crippen LogP contribution in [0.2, 0.25) is 0 Å². The fourth-order valence-electron chi connectivity index (χ4n) is 2.36. The predicted molar refractivity (Wildman–Crippen MR) is 85.1 cm³/mol. The topological polar surface area (TPSA) is 50.7 Å². The molecule has 112 valence electrons. The van der Waals surface area contributed by atoms with Gasteiger partial charge in [0.15, 0.2) is 0 Å². The van der Waals surface area contributed by atoms with Crippen LogP contribution in [0.15, 0.2) is 46.8 Å². The molecule has 1 aromatic carbocycles. The van der Waals surface area contributed by atoms with Crippen molar-refractivity contribution in [3.63, 3.8) is 0 Å². The minimum atomic E-state index is -0.360. The number of oxime groups is 1. The van der Waals surface area contributed by atoms with E-state index < -0.39 is 0 Å². The molecule has 0 atom stereocenters. The molecular formula is C17H22N2O2. The van der Waals surface area contributed by atoms with Crippen molar-refractivity contribution >= 4 is 17.4 Å². The number of carbonyl (C=O) groups excluding carboxylic acids is 1. The number of allylic oxidation sites excluding steroid dienone is 1. The van der Waals surface area contributed by atoms with E-state index in [-0.39, 0.29) is 5.97 Å². The van der Waals surface area contributed by atoms with Crippen molar-refractivity contribution in [1.82, 2.24) is 0 Å². The second-order valence-corrected chi connectivity index (χ2v) is 5.21. The van der Waals surface area contributed by atoms with E-state index in [1.807, 2.05) is 30.3 Å². The number of hydrogen-bond acceptors (Lipinski definition) is 4. The molecule has 1 aromatic rings. The Morgan fingerprint density at radius 1 is 1.19 bits per heavy atom. The third kappa shape index (κ3) is 4.18. The van der Waals surface area contributed by atoms with E-state index in [4.69, 9.17) is 4.84 Å². The number of nitrogens with one attached hydrogen (secondary N) is 1. The third-order valence-corrected chi connectivity index (χ3v) is 3.48. The molecule has 1 heterocycles. The van der Waals surface area contributed by atoms with Gasteiger partial charge in [-0.15, -0.1) is 0 Å². The SMILES string of the molecule is CCCCCCC(Nc1ccccc1)=C1C(=O)ON=C1C. The number of carbonyl (C=O) groups is 1. The van der Waals surface area contributed by atoms with Crippen molar-refractivity contribution in [3.8, 4) is 0 Å². The van der Waals surface area contributed by atoms with Crippen LogP contribution in [-0.4, -0.2) is 11.7 Å². The first kappa shape index (κ1) is 15.3. The van der Waals surface area contributed by atoms with Crippen LogP contribution in [-0.2, 0) is 9.63 Å². The molecule has 1 N–H and O–H groups in total. The van der Waals surface area contributed by atoms with Gasteiger partial charge in [0.2, 0.25) is 0 Å². The quantitative estimate of drug-likeness (QED) is 0.463. The number of hydrogen-bond donors (Lipinski definition) is 1. The fourth-order valence-corrected chi connectivity index (χ4v) is 2.36. The summed E-state index contributed by atoms with van der Waals surface area (Å²) in [6.45, 7) is 3.99. The van der Waals surface area contributed by atoms with Gasteiger partial charge in [-0.1, -0.05) is 49.5 Å². The fraction of sp³-hybridized carbons (Fsp3) is 0.412. The van der Waals surface area contributed by atoms with E-state index in [0.29, 0.717) is 11.3 Å². The number of rotatable bonds is 7. The second-order valence-electron chi connectivity index (χ2n) is 5.21. The second kappa shape index (κ2) is 7.62. The van der Waals surface area contributed by atoms with Gasteiger partial charge in [0, 0.05) is 11.4 Å². The molecule has 0 bridgehead atoms. The highest BCUT2D eigenvalue weighted by atomic mass is 16.7. The van der Waals surface area contributed by atoms with Gasteiger partial charge in [-0.2, -0.15) is 0 Å². The molecule has 0 amide bonds. The number of benzene rings is 1. The van der Waals surface area contributed by atoms with Crippen LogP contribution in [0.4, 0.5) is 5.69 Å². The van der Waals surface area contributed by atoms with Crippen LogP contribution in [0.25, 0.3) is 0 Å². The van der Waals surface area contributed by atoms with Crippen molar-refractivity contribution < 1.29 is 9.63 Å². The Labute approximate surface area is 125 Å². The van der Waals surface area contributed by atoms with E-state index >= 15 is 0 Å². The van der Waals surface area contributed by atoms with Crippen molar-refractivity contribution in [2.45, 2.75) is 46.0 Å². The molecule has 0 fully saturated rings. The smallest absolute Gasteiger partial charge is 0.358 e.